The number of aryl methyl sites for hydroxylation is 1. The number of carbonyl (C=O) groups excluding carboxylic acids is 2. The number of rotatable bonds is 7. The Hall–Kier alpha value is -2.80. The Morgan fingerprint density at radius 1 is 1.19 bits per heavy atom. The molecule has 2 aromatic carbocycles. The highest BCUT2D eigenvalue weighted by Crippen LogP contribution is 2.23. The van der Waals surface area contributed by atoms with E-state index in [1.54, 1.807) is 0 Å². The van der Waals surface area contributed by atoms with Gasteiger partial charge in [-0.05, 0) is 43.2 Å². The summed E-state index contributed by atoms with van der Waals surface area (Å²) in [5.74, 6) is -0.874. The van der Waals surface area contributed by atoms with Gasteiger partial charge in [0.15, 0.2) is 11.7 Å². The van der Waals surface area contributed by atoms with Crippen LogP contribution in [0.25, 0.3) is 11.1 Å². The summed E-state index contributed by atoms with van der Waals surface area (Å²) in [5.41, 5.74) is 3.25. The molecule has 0 aliphatic carbocycles. The average Bonchev–Trinajstić information content (AvgIpc) is 3.10. The second kappa shape index (κ2) is 8.73. The van der Waals surface area contributed by atoms with Crippen LogP contribution in [0.1, 0.15) is 19.4 Å². The van der Waals surface area contributed by atoms with Crippen LogP contribution < -0.4 is 5.32 Å². The molecule has 0 bridgehead atoms. The molecule has 1 N–H and O–H groups in total. The van der Waals surface area contributed by atoms with Gasteiger partial charge in [0.25, 0.3) is 11.1 Å². The molecule has 27 heavy (non-hydrogen) atoms. The Labute approximate surface area is 161 Å². The molecule has 0 aliphatic heterocycles. The van der Waals surface area contributed by atoms with Crippen molar-refractivity contribution in [2.24, 2.45) is 0 Å². The molecule has 140 valence electrons. The molecular weight excluding hydrogens is 364 g/mol. The molecule has 0 spiro atoms. The lowest BCUT2D eigenvalue weighted by Crippen LogP contribution is -2.30. The molecule has 1 atom stereocenters. The standard InChI is InChI=1S/C20H20N2O4S/c1-3-14-8-10-15(11-9-14)21-19(24)13(2)25-18(23)12-27-20-22-16-6-4-5-7-17(16)26-20/h4-11,13H,3,12H2,1-2H3,(H,21,24). The molecule has 1 unspecified atom stereocenters. The summed E-state index contributed by atoms with van der Waals surface area (Å²) in [4.78, 5) is 28.4. The van der Waals surface area contributed by atoms with Gasteiger partial charge in [0.1, 0.15) is 11.3 Å². The molecule has 0 aliphatic rings. The molecule has 0 saturated heterocycles. The highest BCUT2D eigenvalue weighted by atomic mass is 32.2. The number of hydrogen-bond donors (Lipinski definition) is 1. The largest absolute Gasteiger partial charge is 0.452 e. The monoisotopic (exact) mass is 384 g/mol. The minimum atomic E-state index is -0.896. The van der Waals surface area contributed by atoms with E-state index in [0.717, 1.165) is 23.7 Å². The highest BCUT2D eigenvalue weighted by molar-refractivity contribution is 7.99. The number of anilines is 1. The van der Waals surface area contributed by atoms with Crippen LogP contribution in [0.4, 0.5) is 5.69 Å². The molecule has 1 aromatic heterocycles. The zero-order valence-electron chi connectivity index (χ0n) is 15.1. The second-order valence-electron chi connectivity index (χ2n) is 5.91. The minimum Gasteiger partial charge on any atom is -0.452 e. The predicted molar refractivity (Wildman–Crippen MR) is 105 cm³/mol. The van der Waals surface area contributed by atoms with E-state index in [-0.39, 0.29) is 11.7 Å². The van der Waals surface area contributed by atoms with E-state index in [0.29, 0.717) is 16.5 Å². The fourth-order valence-corrected chi connectivity index (χ4v) is 3.01. The molecule has 1 amide bonds. The molecule has 0 fully saturated rings. The van der Waals surface area contributed by atoms with Gasteiger partial charge < -0.3 is 14.5 Å². The van der Waals surface area contributed by atoms with Crippen LogP contribution >= 0.6 is 11.8 Å². The fourth-order valence-electron chi connectivity index (χ4n) is 2.39. The van der Waals surface area contributed by atoms with E-state index in [1.807, 2.05) is 48.5 Å². The number of oxazole rings is 1. The van der Waals surface area contributed by atoms with Crippen LogP contribution in [-0.2, 0) is 20.7 Å². The lowest BCUT2D eigenvalue weighted by molar-refractivity contribution is -0.150. The van der Waals surface area contributed by atoms with Gasteiger partial charge in [-0.25, -0.2) is 4.98 Å². The molecule has 3 aromatic rings. The first kappa shape index (κ1) is 19.0. The lowest BCUT2D eigenvalue weighted by atomic mass is 10.1. The van der Waals surface area contributed by atoms with Crippen LogP contribution in [0.5, 0.6) is 0 Å². The summed E-state index contributed by atoms with van der Waals surface area (Å²) < 4.78 is 10.7. The van der Waals surface area contributed by atoms with E-state index < -0.39 is 12.1 Å². The molecule has 1 heterocycles. The quantitative estimate of drug-likeness (QED) is 0.489. The number of hydrogen-bond acceptors (Lipinski definition) is 6. The molecule has 7 heteroatoms. The fraction of sp³-hybridized carbons (Fsp3) is 0.250. The number of fused-ring (bicyclic) bond motifs is 1. The maximum Gasteiger partial charge on any atom is 0.317 e. The first-order valence-corrected chi connectivity index (χ1v) is 9.61. The molecular formula is C20H20N2O4S. The third kappa shape index (κ3) is 5.10. The van der Waals surface area contributed by atoms with Gasteiger partial charge in [-0.1, -0.05) is 43.0 Å². The van der Waals surface area contributed by atoms with Gasteiger partial charge in [-0.15, -0.1) is 0 Å². The first-order chi connectivity index (χ1) is 13.0. The van der Waals surface area contributed by atoms with Crippen molar-refractivity contribution in [3.05, 3.63) is 54.1 Å². The zero-order chi connectivity index (χ0) is 19.2. The number of ether oxygens (including phenoxy) is 1. The number of aromatic nitrogens is 1. The van der Waals surface area contributed by atoms with E-state index in [2.05, 4.69) is 17.2 Å². The van der Waals surface area contributed by atoms with E-state index in [9.17, 15) is 9.59 Å². The first-order valence-electron chi connectivity index (χ1n) is 8.63. The number of benzene rings is 2. The van der Waals surface area contributed by atoms with Crippen molar-refractivity contribution in [3.63, 3.8) is 0 Å². The Kier molecular flexibility index (Phi) is 6.13. The third-order valence-electron chi connectivity index (χ3n) is 3.89. The van der Waals surface area contributed by atoms with Crippen molar-refractivity contribution in [2.45, 2.75) is 31.6 Å². The maximum atomic E-state index is 12.2. The van der Waals surface area contributed by atoms with Crippen molar-refractivity contribution < 1.29 is 18.7 Å². The molecule has 6 nitrogen and oxygen atoms in total. The van der Waals surface area contributed by atoms with Gasteiger partial charge in [-0.3, -0.25) is 9.59 Å². The number of esters is 1. The number of para-hydroxylation sites is 2. The Morgan fingerprint density at radius 2 is 1.93 bits per heavy atom. The molecule has 0 radical (unpaired) electrons. The number of nitrogens with zero attached hydrogens (tertiary/aromatic N) is 1. The average molecular weight is 384 g/mol. The number of nitrogens with one attached hydrogen (secondary N) is 1. The van der Waals surface area contributed by atoms with E-state index in [1.165, 1.54) is 12.5 Å². The molecule has 0 saturated carbocycles. The van der Waals surface area contributed by atoms with Crippen molar-refractivity contribution >= 4 is 40.4 Å². The Morgan fingerprint density at radius 3 is 2.63 bits per heavy atom. The summed E-state index contributed by atoms with van der Waals surface area (Å²) in [6.45, 7) is 3.60. The topological polar surface area (TPSA) is 81.4 Å². The number of thioether (sulfide) groups is 1. The van der Waals surface area contributed by atoms with Gasteiger partial charge >= 0.3 is 5.97 Å². The van der Waals surface area contributed by atoms with Crippen molar-refractivity contribution in [1.82, 2.24) is 4.98 Å². The highest BCUT2D eigenvalue weighted by Gasteiger charge is 2.19. The summed E-state index contributed by atoms with van der Waals surface area (Å²) in [6, 6.07) is 14.9. The van der Waals surface area contributed by atoms with Crippen molar-refractivity contribution in [2.75, 3.05) is 11.1 Å². The smallest absolute Gasteiger partial charge is 0.317 e. The number of amides is 1. The second-order valence-corrected chi connectivity index (χ2v) is 6.83. The van der Waals surface area contributed by atoms with Crippen LogP contribution in [0.3, 0.4) is 0 Å². The Bertz CT molecular complexity index is 904. The van der Waals surface area contributed by atoms with Gasteiger partial charge in [-0.2, -0.15) is 0 Å². The summed E-state index contributed by atoms with van der Waals surface area (Å²) in [7, 11) is 0. The van der Waals surface area contributed by atoms with Crippen molar-refractivity contribution in [3.8, 4) is 0 Å². The van der Waals surface area contributed by atoms with Gasteiger partial charge in [0.05, 0.1) is 0 Å². The van der Waals surface area contributed by atoms with Crippen LogP contribution in [-0.4, -0.2) is 28.7 Å². The minimum absolute atomic E-state index is 0.00956. The Balaban J connectivity index is 1.48. The lowest BCUT2D eigenvalue weighted by Gasteiger charge is -2.13. The maximum absolute atomic E-state index is 12.2. The van der Waals surface area contributed by atoms with Gasteiger partial charge in [0.2, 0.25) is 0 Å². The van der Waals surface area contributed by atoms with Crippen LogP contribution in [0.15, 0.2) is 58.2 Å². The summed E-state index contributed by atoms with van der Waals surface area (Å²) in [5, 5.41) is 3.13. The zero-order valence-corrected chi connectivity index (χ0v) is 15.9. The van der Waals surface area contributed by atoms with E-state index in [4.69, 9.17) is 9.15 Å². The molecule has 3 rings (SSSR count). The number of carbonyl (C=O) groups is 2. The van der Waals surface area contributed by atoms with Gasteiger partial charge in [0, 0.05) is 5.69 Å². The normalized spacial score (nSPS) is 11.9. The SMILES string of the molecule is CCc1ccc(NC(=O)C(C)OC(=O)CSc2nc3ccccc3o2)cc1. The summed E-state index contributed by atoms with van der Waals surface area (Å²) in [6.07, 6.45) is 0.0348. The van der Waals surface area contributed by atoms with E-state index >= 15 is 0 Å². The van der Waals surface area contributed by atoms with Crippen LogP contribution in [0.2, 0.25) is 0 Å². The van der Waals surface area contributed by atoms with Crippen molar-refractivity contribution in [1.29, 1.82) is 0 Å². The summed E-state index contributed by atoms with van der Waals surface area (Å²) >= 11 is 1.13. The third-order valence-corrected chi connectivity index (χ3v) is 4.70. The predicted octanol–water partition coefficient (Wildman–Crippen LogP) is 4.05. The van der Waals surface area contributed by atoms with Crippen LogP contribution in [0, 0.1) is 0 Å².